The molecule has 0 spiro atoms. The second kappa shape index (κ2) is 6.81. The highest BCUT2D eigenvalue weighted by molar-refractivity contribution is 7.99. The number of carbonyl (C=O) groups excluding carboxylic acids is 1. The van der Waals surface area contributed by atoms with E-state index < -0.39 is 5.97 Å². The van der Waals surface area contributed by atoms with Crippen LogP contribution in [0.2, 0.25) is 0 Å². The molecule has 4 nitrogen and oxygen atoms in total. The summed E-state index contributed by atoms with van der Waals surface area (Å²) in [4.78, 5) is 16.2. The van der Waals surface area contributed by atoms with E-state index in [0.717, 1.165) is 16.1 Å². The predicted molar refractivity (Wildman–Crippen MR) is 95.3 cm³/mol. The van der Waals surface area contributed by atoms with Crippen molar-refractivity contribution in [2.75, 3.05) is 18.6 Å². The first-order valence-electron chi connectivity index (χ1n) is 7.57. The van der Waals surface area contributed by atoms with Gasteiger partial charge in [0.25, 0.3) is 0 Å². The number of benzene rings is 2. The van der Waals surface area contributed by atoms with Crippen LogP contribution in [0.1, 0.15) is 12.5 Å². The SMILES string of the molecule is CCOC(=O)/C(C#N)=C\c1ccc2c(c1)Sc1ccccc1N2C. The van der Waals surface area contributed by atoms with Crippen LogP contribution in [0, 0.1) is 11.3 Å². The molecule has 0 bridgehead atoms. The number of fused-ring (bicyclic) bond motifs is 2. The molecule has 120 valence electrons. The third-order valence-electron chi connectivity index (χ3n) is 3.72. The molecule has 0 radical (unpaired) electrons. The highest BCUT2D eigenvalue weighted by Gasteiger charge is 2.20. The third-order valence-corrected chi connectivity index (χ3v) is 4.83. The molecule has 3 rings (SSSR count). The van der Waals surface area contributed by atoms with Gasteiger partial charge >= 0.3 is 5.97 Å². The first kappa shape index (κ1) is 16.2. The van der Waals surface area contributed by atoms with Crippen molar-refractivity contribution in [2.45, 2.75) is 16.7 Å². The quantitative estimate of drug-likeness (QED) is 0.473. The average Bonchev–Trinajstić information content (AvgIpc) is 2.60. The molecular formula is C19H16N2O2S. The van der Waals surface area contributed by atoms with Gasteiger partial charge in [-0.05, 0) is 42.8 Å². The third kappa shape index (κ3) is 3.01. The molecule has 1 aliphatic heterocycles. The number of nitrogens with zero attached hydrogens (tertiary/aromatic N) is 2. The van der Waals surface area contributed by atoms with Gasteiger partial charge in [0.1, 0.15) is 11.6 Å². The topological polar surface area (TPSA) is 53.3 Å². The largest absolute Gasteiger partial charge is 0.462 e. The number of carbonyl (C=O) groups is 1. The summed E-state index contributed by atoms with van der Waals surface area (Å²) in [6, 6.07) is 16.0. The number of ether oxygens (including phenoxy) is 1. The maximum atomic E-state index is 11.8. The Labute approximate surface area is 145 Å². The maximum absolute atomic E-state index is 11.8. The first-order chi connectivity index (χ1) is 11.6. The van der Waals surface area contributed by atoms with Gasteiger partial charge in [0.15, 0.2) is 0 Å². The Morgan fingerprint density at radius 3 is 2.75 bits per heavy atom. The molecular weight excluding hydrogens is 320 g/mol. The summed E-state index contributed by atoms with van der Waals surface area (Å²) in [5.74, 6) is -0.590. The standard InChI is InChI=1S/C19H16N2O2S/c1-3-23-19(22)14(12-20)10-13-8-9-16-18(11-13)24-17-7-5-4-6-15(17)21(16)2/h4-11H,3H2,1-2H3/b14-10-. The lowest BCUT2D eigenvalue weighted by atomic mass is 10.1. The van der Waals surface area contributed by atoms with E-state index in [2.05, 4.69) is 17.0 Å². The summed E-state index contributed by atoms with van der Waals surface area (Å²) in [5.41, 5.74) is 3.08. The summed E-state index contributed by atoms with van der Waals surface area (Å²) in [6.45, 7) is 1.97. The zero-order chi connectivity index (χ0) is 17.1. The molecule has 1 heterocycles. The molecule has 0 aliphatic carbocycles. The molecule has 2 aromatic rings. The van der Waals surface area contributed by atoms with Crippen LogP contribution in [0.4, 0.5) is 11.4 Å². The summed E-state index contributed by atoms with van der Waals surface area (Å²) < 4.78 is 4.90. The zero-order valence-electron chi connectivity index (χ0n) is 13.4. The fourth-order valence-electron chi connectivity index (χ4n) is 2.56. The lowest BCUT2D eigenvalue weighted by Crippen LogP contribution is -2.14. The van der Waals surface area contributed by atoms with Crippen LogP contribution in [-0.2, 0) is 9.53 Å². The van der Waals surface area contributed by atoms with Gasteiger partial charge in [0.05, 0.1) is 18.0 Å². The Morgan fingerprint density at radius 1 is 1.25 bits per heavy atom. The number of anilines is 2. The van der Waals surface area contributed by atoms with Crippen LogP contribution < -0.4 is 4.90 Å². The van der Waals surface area contributed by atoms with E-state index in [9.17, 15) is 4.79 Å². The molecule has 0 amide bonds. The van der Waals surface area contributed by atoms with E-state index in [1.807, 2.05) is 43.4 Å². The Kier molecular flexibility index (Phi) is 4.59. The number of hydrogen-bond acceptors (Lipinski definition) is 5. The number of hydrogen-bond donors (Lipinski definition) is 0. The summed E-state index contributed by atoms with van der Waals surface area (Å²) in [7, 11) is 2.03. The number of rotatable bonds is 3. The van der Waals surface area contributed by atoms with Crippen LogP contribution in [0.3, 0.4) is 0 Å². The predicted octanol–water partition coefficient (Wildman–Crippen LogP) is 4.39. The van der Waals surface area contributed by atoms with Gasteiger partial charge in [-0.1, -0.05) is 30.0 Å². The van der Waals surface area contributed by atoms with Crippen molar-refractivity contribution >= 4 is 35.2 Å². The highest BCUT2D eigenvalue weighted by atomic mass is 32.2. The minimum Gasteiger partial charge on any atom is -0.462 e. The van der Waals surface area contributed by atoms with Gasteiger partial charge in [-0.3, -0.25) is 0 Å². The van der Waals surface area contributed by atoms with Crippen molar-refractivity contribution in [2.24, 2.45) is 0 Å². The lowest BCUT2D eigenvalue weighted by molar-refractivity contribution is -0.137. The molecule has 2 aromatic carbocycles. The Bertz CT molecular complexity index is 868. The lowest BCUT2D eigenvalue weighted by Gasteiger charge is -2.29. The molecule has 0 atom stereocenters. The fraction of sp³-hybridized carbons (Fsp3) is 0.158. The van der Waals surface area contributed by atoms with E-state index in [1.54, 1.807) is 24.8 Å². The monoisotopic (exact) mass is 336 g/mol. The smallest absolute Gasteiger partial charge is 0.348 e. The molecule has 5 heteroatoms. The van der Waals surface area contributed by atoms with E-state index in [-0.39, 0.29) is 12.2 Å². The summed E-state index contributed by atoms with van der Waals surface area (Å²) in [5, 5.41) is 9.16. The Morgan fingerprint density at radius 2 is 2.00 bits per heavy atom. The van der Waals surface area contributed by atoms with Crippen molar-refractivity contribution in [3.8, 4) is 6.07 Å². The second-order valence-corrected chi connectivity index (χ2v) is 6.33. The number of nitriles is 1. The summed E-state index contributed by atoms with van der Waals surface area (Å²) >= 11 is 1.68. The number of esters is 1. The Balaban J connectivity index is 1.96. The first-order valence-corrected chi connectivity index (χ1v) is 8.39. The zero-order valence-corrected chi connectivity index (χ0v) is 14.3. The van der Waals surface area contributed by atoms with Crippen molar-refractivity contribution in [3.63, 3.8) is 0 Å². The minimum atomic E-state index is -0.590. The van der Waals surface area contributed by atoms with E-state index >= 15 is 0 Å². The van der Waals surface area contributed by atoms with Crippen LogP contribution >= 0.6 is 11.8 Å². The molecule has 0 fully saturated rings. The van der Waals surface area contributed by atoms with Crippen molar-refractivity contribution < 1.29 is 9.53 Å². The van der Waals surface area contributed by atoms with Gasteiger partial charge in [-0.15, -0.1) is 0 Å². The summed E-state index contributed by atoms with van der Waals surface area (Å²) in [6.07, 6.45) is 1.57. The van der Waals surface area contributed by atoms with Crippen LogP contribution in [0.25, 0.3) is 6.08 Å². The van der Waals surface area contributed by atoms with E-state index in [1.165, 1.54) is 10.6 Å². The van der Waals surface area contributed by atoms with Crippen LogP contribution in [0.5, 0.6) is 0 Å². The average molecular weight is 336 g/mol. The van der Waals surface area contributed by atoms with Gasteiger partial charge in [-0.25, -0.2) is 4.79 Å². The maximum Gasteiger partial charge on any atom is 0.348 e. The molecule has 1 aliphatic rings. The van der Waals surface area contributed by atoms with Gasteiger partial charge in [-0.2, -0.15) is 5.26 Å². The molecule has 0 saturated carbocycles. The molecule has 0 aromatic heterocycles. The van der Waals surface area contributed by atoms with E-state index in [0.29, 0.717) is 0 Å². The highest BCUT2D eigenvalue weighted by Crippen LogP contribution is 2.47. The van der Waals surface area contributed by atoms with Crippen LogP contribution in [0.15, 0.2) is 57.8 Å². The van der Waals surface area contributed by atoms with Crippen molar-refractivity contribution in [1.82, 2.24) is 0 Å². The molecule has 24 heavy (non-hydrogen) atoms. The molecule has 0 saturated heterocycles. The van der Waals surface area contributed by atoms with Crippen LogP contribution in [-0.4, -0.2) is 19.6 Å². The molecule has 0 N–H and O–H groups in total. The van der Waals surface area contributed by atoms with Crippen molar-refractivity contribution in [1.29, 1.82) is 5.26 Å². The Hall–Kier alpha value is -2.71. The second-order valence-electron chi connectivity index (χ2n) is 5.25. The molecule has 0 unspecified atom stereocenters. The fourth-order valence-corrected chi connectivity index (χ4v) is 3.76. The van der Waals surface area contributed by atoms with E-state index in [4.69, 9.17) is 10.00 Å². The van der Waals surface area contributed by atoms with Gasteiger partial charge in [0.2, 0.25) is 0 Å². The normalized spacial score (nSPS) is 12.9. The minimum absolute atomic E-state index is 0.00589. The van der Waals surface area contributed by atoms with Gasteiger partial charge < -0.3 is 9.64 Å². The van der Waals surface area contributed by atoms with Gasteiger partial charge in [0, 0.05) is 16.8 Å². The number of para-hydroxylation sites is 1. The van der Waals surface area contributed by atoms with Crippen molar-refractivity contribution in [3.05, 3.63) is 53.6 Å².